The molecule has 1 aromatic carbocycles. The highest BCUT2D eigenvalue weighted by Crippen LogP contribution is 2.49. The average Bonchev–Trinajstić information content (AvgIpc) is 3.12. The van der Waals surface area contributed by atoms with Gasteiger partial charge >= 0.3 is 0 Å². The van der Waals surface area contributed by atoms with Crippen molar-refractivity contribution in [3.05, 3.63) is 18.2 Å². The zero-order chi connectivity index (χ0) is 13.9. The van der Waals surface area contributed by atoms with Gasteiger partial charge < -0.3 is 10.5 Å². The summed E-state index contributed by atoms with van der Waals surface area (Å²) in [5.74, 6) is 1.20. The normalized spacial score (nSPS) is 17.5. The maximum absolute atomic E-state index is 12.4. The van der Waals surface area contributed by atoms with Gasteiger partial charge in [-0.25, -0.2) is 0 Å². The molecule has 1 atom stereocenters. The molecule has 0 spiro atoms. The second-order valence-corrected chi connectivity index (χ2v) is 6.38. The molecule has 0 aromatic heterocycles. The maximum atomic E-state index is 12.4. The van der Waals surface area contributed by atoms with Gasteiger partial charge in [0.2, 0.25) is 0 Å². The summed E-state index contributed by atoms with van der Waals surface area (Å²) in [6.45, 7) is 2.47. The molecule has 0 aliphatic heterocycles. The first-order valence-electron chi connectivity index (χ1n) is 6.38. The summed E-state index contributed by atoms with van der Waals surface area (Å²) in [6, 6.07) is 7.43. The Morgan fingerprint density at radius 2 is 2.26 bits per heavy atom. The van der Waals surface area contributed by atoms with E-state index in [4.69, 9.17) is 15.7 Å². The van der Waals surface area contributed by atoms with Crippen LogP contribution in [0.3, 0.4) is 0 Å². The van der Waals surface area contributed by atoms with Crippen LogP contribution in [0, 0.1) is 16.7 Å². The highest BCUT2D eigenvalue weighted by Gasteiger charge is 2.44. The Morgan fingerprint density at radius 1 is 1.53 bits per heavy atom. The molecule has 1 saturated carbocycles. The fourth-order valence-corrected chi connectivity index (χ4v) is 3.72. The number of rotatable bonds is 6. The monoisotopic (exact) mass is 278 g/mol. The van der Waals surface area contributed by atoms with E-state index in [-0.39, 0.29) is 5.41 Å². The standard InChI is InChI=1S/C14H18N2O2S/c1-2-18-11-3-4-12(16)13(9-11)19(17)10-14(5-6-14)7-8-15/h3-4,9H,2,5-7,10,16H2,1H3. The Bertz CT molecular complexity index is 533. The topological polar surface area (TPSA) is 76.1 Å². The number of nitrogens with zero attached hydrogens (tertiary/aromatic N) is 1. The van der Waals surface area contributed by atoms with Crippen molar-refractivity contribution in [2.75, 3.05) is 18.1 Å². The highest BCUT2D eigenvalue weighted by molar-refractivity contribution is 7.85. The predicted molar refractivity (Wildman–Crippen MR) is 75.2 cm³/mol. The van der Waals surface area contributed by atoms with Crippen LogP contribution in [0.2, 0.25) is 0 Å². The lowest BCUT2D eigenvalue weighted by molar-refractivity contribution is 0.339. The van der Waals surface area contributed by atoms with E-state index in [1.165, 1.54) is 0 Å². The molecular formula is C14H18N2O2S. The highest BCUT2D eigenvalue weighted by atomic mass is 32.2. The van der Waals surface area contributed by atoms with Gasteiger partial charge in [0.15, 0.2) is 0 Å². The Hall–Kier alpha value is -1.54. The minimum Gasteiger partial charge on any atom is -0.494 e. The summed E-state index contributed by atoms with van der Waals surface area (Å²) in [5.41, 5.74) is 6.36. The Labute approximate surface area is 116 Å². The van der Waals surface area contributed by atoms with E-state index in [0.717, 1.165) is 12.8 Å². The van der Waals surface area contributed by atoms with Gasteiger partial charge in [0.1, 0.15) is 5.75 Å². The molecule has 19 heavy (non-hydrogen) atoms. The van der Waals surface area contributed by atoms with Crippen molar-refractivity contribution in [3.8, 4) is 11.8 Å². The molecule has 0 amide bonds. The van der Waals surface area contributed by atoms with Crippen LogP contribution in [-0.4, -0.2) is 16.6 Å². The van der Waals surface area contributed by atoms with Crippen LogP contribution in [0.5, 0.6) is 5.75 Å². The van der Waals surface area contributed by atoms with Crippen molar-refractivity contribution >= 4 is 16.5 Å². The van der Waals surface area contributed by atoms with E-state index in [1.54, 1.807) is 18.2 Å². The summed E-state index contributed by atoms with van der Waals surface area (Å²) < 4.78 is 17.8. The van der Waals surface area contributed by atoms with Gasteiger partial charge in [-0.05, 0) is 43.4 Å². The quantitative estimate of drug-likeness (QED) is 0.811. The molecule has 1 unspecified atom stereocenters. The van der Waals surface area contributed by atoms with Crippen molar-refractivity contribution < 1.29 is 8.95 Å². The van der Waals surface area contributed by atoms with E-state index >= 15 is 0 Å². The van der Waals surface area contributed by atoms with Gasteiger partial charge in [0.25, 0.3) is 0 Å². The van der Waals surface area contributed by atoms with Gasteiger partial charge in [-0.2, -0.15) is 5.26 Å². The Kier molecular flexibility index (Phi) is 4.11. The minimum atomic E-state index is -1.17. The van der Waals surface area contributed by atoms with Crippen LogP contribution in [-0.2, 0) is 10.8 Å². The largest absolute Gasteiger partial charge is 0.494 e. The summed E-state index contributed by atoms with van der Waals surface area (Å²) in [5, 5.41) is 8.80. The van der Waals surface area contributed by atoms with Crippen molar-refractivity contribution in [1.29, 1.82) is 5.26 Å². The van der Waals surface area contributed by atoms with Gasteiger partial charge in [-0.3, -0.25) is 4.21 Å². The molecule has 1 fully saturated rings. The third-order valence-electron chi connectivity index (χ3n) is 3.39. The number of nitriles is 1. The number of hydrogen-bond donors (Lipinski definition) is 1. The van der Waals surface area contributed by atoms with E-state index in [0.29, 0.717) is 35.1 Å². The smallest absolute Gasteiger partial charge is 0.120 e. The fraction of sp³-hybridized carbons (Fsp3) is 0.500. The number of nitrogens with two attached hydrogens (primary N) is 1. The lowest BCUT2D eigenvalue weighted by Crippen LogP contribution is -2.13. The fourth-order valence-electron chi connectivity index (χ4n) is 2.04. The van der Waals surface area contributed by atoms with E-state index in [2.05, 4.69) is 6.07 Å². The van der Waals surface area contributed by atoms with Gasteiger partial charge in [-0.1, -0.05) is 0 Å². The zero-order valence-corrected chi connectivity index (χ0v) is 11.8. The van der Waals surface area contributed by atoms with Crippen molar-refractivity contribution in [2.24, 2.45) is 5.41 Å². The van der Waals surface area contributed by atoms with Gasteiger partial charge in [0, 0.05) is 17.9 Å². The minimum absolute atomic E-state index is 0.0479. The molecule has 0 bridgehead atoms. The van der Waals surface area contributed by atoms with Crippen LogP contribution in [0.25, 0.3) is 0 Å². The van der Waals surface area contributed by atoms with Crippen LogP contribution >= 0.6 is 0 Å². The van der Waals surface area contributed by atoms with Crippen molar-refractivity contribution in [3.63, 3.8) is 0 Å². The molecule has 4 nitrogen and oxygen atoms in total. The summed E-state index contributed by atoms with van der Waals surface area (Å²) in [6.07, 6.45) is 2.44. The van der Waals surface area contributed by atoms with E-state index in [9.17, 15) is 4.21 Å². The first-order valence-corrected chi connectivity index (χ1v) is 7.70. The molecule has 102 valence electrons. The molecule has 0 heterocycles. The van der Waals surface area contributed by atoms with Crippen LogP contribution in [0.15, 0.2) is 23.1 Å². The lowest BCUT2D eigenvalue weighted by Gasteiger charge is -2.13. The van der Waals surface area contributed by atoms with Gasteiger partial charge in [-0.15, -0.1) is 0 Å². The van der Waals surface area contributed by atoms with E-state index in [1.807, 2.05) is 6.92 Å². The van der Waals surface area contributed by atoms with Crippen molar-refractivity contribution in [2.45, 2.75) is 31.1 Å². The van der Waals surface area contributed by atoms with E-state index < -0.39 is 10.8 Å². The molecule has 0 saturated heterocycles. The van der Waals surface area contributed by atoms with Crippen LogP contribution < -0.4 is 10.5 Å². The molecule has 2 N–H and O–H groups in total. The summed E-state index contributed by atoms with van der Waals surface area (Å²) in [4.78, 5) is 0.621. The zero-order valence-electron chi connectivity index (χ0n) is 11.0. The first-order chi connectivity index (χ1) is 9.10. The number of hydrogen-bond acceptors (Lipinski definition) is 4. The maximum Gasteiger partial charge on any atom is 0.120 e. The number of anilines is 1. The number of ether oxygens (including phenoxy) is 1. The first kappa shape index (κ1) is 13.9. The number of nitrogen functional groups attached to an aromatic ring is 1. The molecule has 1 aliphatic rings. The Morgan fingerprint density at radius 3 is 2.84 bits per heavy atom. The molecule has 2 rings (SSSR count). The number of benzene rings is 1. The molecular weight excluding hydrogens is 260 g/mol. The van der Waals surface area contributed by atoms with Crippen LogP contribution in [0.1, 0.15) is 26.2 Å². The summed E-state index contributed by atoms with van der Waals surface area (Å²) >= 11 is 0. The van der Waals surface area contributed by atoms with Crippen molar-refractivity contribution in [1.82, 2.24) is 0 Å². The predicted octanol–water partition coefficient (Wildman–Crippen LogP) is 2.47. The SMILES string of the molecule is CCOc1ccc(N)c(S(=O)CC2(CC#N)CC2)c1. The molecule has 1 aromatic rings. The van der Waals surface area contributed by atoms with Gasteiger partial charge in [0.05, 0.1) is 28.4 Å². The summed E-state index contributed by atoms with van der Waals surface area (Å²) in [7, 11) is -1.17. The lowest BCUT2D eigenvalue weighted by atomic mass is 10.1. The third kappa shape index (κ3) is 3.27. The molecule has 5 heteroatoms. The molecule has 1 aliphatic carbocycles. The molecule has 0 radical (unpaired) electrons. The third-order valence-corrected chi connectivity index (χ3v) is 5.11. The van der Waals surface area contributed by atoms with Crippen LogP contribution in [0.4, 0.5) is 5.69 Å². The second-order valence-electron chi connectivity index (χ2n) is 4.96. The Balaban J connectivity index is 2.14. The second kappa shape index (κ2) is 5.62. The average molecular weight is 278 g/mol.